The summed E-state index contributed by atoms with van der Waals surface area (Å²) < 4.78 is 0. The zero-order valence-corrected chi connectivity index (χ0v) is 12.5. The topological polar surface area (TPSA) is 49.4 Å². The van der Waals surface area contributed by atoms with Crippen LogP contribution in [0, 0.1) is 11.8 Å². The molecule has 0 spiro atoms. The maximum atomic E-state index is 12.6. The van der Waals surface area contributed by atoms with Crippen LogP contribution < -0.4 is 5.32 Å². The van der Waals surface area contributed by atoms with Crippen LogP contribution in [0.4, 0.5) is 0 Å². The summed E-state index contributed by atoms with van der Waals surface area (Å²) in [6, 6.07) is -0.400. The van der Waals surface area contributed by atoms with Gasteiger partial charge in [-0.1, -0.05) is 27.2 Å². The fraction of sp³-hybridized carbons (Fsp3) is 0.867. The van der Waals surface area contributed by atoms with Gasteiger partial charge in [-0.05, 0) is 38.0 Å². The fourth-order valence-electron chi connectivity index (χ4n) is 3.77. The highest BCUT2D eigenvalue weighted by Gasteiger charge is 2.45. The summed E-state index contributed by atoms with van der Waals surface area (Å²) in [4.78, 5) is 26.5. The molecule has 0 aromatic rings. The summed E-state index contributed by atoms with van der Waals surface area (Å²) in [6.07, 6.45) is 4.06. The number of carbonyl (C=O) groups excluding carboxylic acids is 2. The van der Waals surface area contributed by atoms with Gasteiger partial charge in [-0.3, -0.25) is 9.59 Å². The predicted octanol–water partition coefficient (Wildman–Crippen LogP) is 1.94. The van der Waals surface area contributed by atoms with Gasteiger partial charge >= 0.3 is 0 Å². The molecule has 4 nitrogen and oxygen atoms in total. The van der Waals surface area contributed by atoms with Crippen LogP contribution in [0.25, 0.3) is 0 Å². The van der Waals surface area contributed by atoms with Crippen molar-refractivity contribution < 1.29 is 9.59 Å². The van der Waals surface area contributed by atoms with Crippen LogP contribution >= 0.6 is 0 Å². The van der Waals surface area contributed by atoms with Crippen molar-refractivity contribution in [1.82, 2.24) is 10.2 Å². The Balaban J connectivity index is 2.21. The summed E-state index contributed by atoms with van der Waals surface area (Å²) >= 11 is 0. The zero-order chi connectivity index (χ0) is 14.2. The third-order valence-corrected chi connectivity index (χ3v) is 5.14. The molecule has 0 aromatic heterocycles. The first-order chi connectivity index (χ1) is 9.01. The largest absolute Gasteiger partial charge is 0.343 e. The van der Waals surface area contributed by atoms with Crippen molar-refractivity contribution in [3.63, 3.8) is 0 Å². The number of nitrogens with zero attached hydrogens (tertiary/aromatic N) is 1. The van der Waals surface area contributed by atoms with E-state index in [0.29, 0.717) is 18.3 Å². The molecule has 5 unspecified atom stereocenters. The number of amides is 2. The van der Waals surface area contributed by atoms with E-state index < -0.39 is 0 Å². The Morgan fingerprint density at radius 2 is 1.84 bits per heavy atom. The van der Waals surface area contributed by atoms with Crippen molar-refractivity contribution in [1.29, 1.82) is 0 Å². The monoisotopic (exact) mass is 266 g/mol. The second kappa shape index (κ2) is 5.51. The number of piperazine rings is 1. The molecule has 108 valence electrons. The van der Waals surface area contributed by atoms with Gasteiger partial charge in [0, 0.05) is 6.04 Å². The maximum absolute atomic E-state index is 12.6. The van der Waals surface area contributed by atoms with Gasteiger partial charge in [0.2, 0.25) is 11.8 Å². The van der Waals surface area contributed by atoms with Gasteiger partial charge in [-0.15, -0.1) is 0 Å². The zero-order valence-electron chi connectivity index (χ0n) is 12.5. The minimum atomic E-state index is -0.323. The van der Waals surface area contributed by atoms with Crippen LogP contribution in [0.3, 0.4) is 0 Å². The van der Waals surface area contributed by atoms with E-state index >= 15 is 0 Å². The van der Waals surface area contributed by atoms with Crippen LogP contribution in [0.2, 0.25) is 0 Å². The van der Waals surface area contributed by atoms with Crippen molar-refractivity contribution in [2.75, 3.05) is 0 Å². The molecule has 1 aliphatic carbocycles. The third-order valence-electron chi connectivity index (χ3n) is 5.14. The highest BCUT2D eigenvalue weighted by molar-refractivity contribution is 5.96. The normalized spacial score (nSPS) is 39.6. The van der Waals surface area contributed by atoms with Crippen LogP contribution in [-0.4, -0.2) is 34.8 Å². The lowest BCUT2D eigenvalue weighted by molar-refractivity contribution is -0.152. The highest BCUT2D eigenvalue weighted by Crippen LogP contribution is 2.38. The molecule has 1 saturated carbocycles. The SMILES string of the molecule is CCC1NC(=O)C(C)N(C2CCC(CC)C2C)C1=O. The molecule has 0 bridgehead atoms. The van der Waals surface area contributed by atoms with Crippen molar-refractivity contribution in [3.8, 4) is 0 Å². The standard InChI is InChI=1S/C15H26N2O2/c1-5-11-7-8-13(9(11)3)17-10(4)14(18)16-12(6-2)15(17)19/h9-13H,5-8H2,1-4H3,(H,16,18). The second-order valence-corrected chi connectivity index (χ2v) is 6.06. The number of hydrogen-bond acceptors (Lipinski definition) is 2. The average molecular weight is 266 g/mol. The van der Waals surface area contributed by atoms with Crippen molar-refractivity contribution >= 4 is 11.8 Å². The number of hydrogen-bond donors (Lipinski definition) is 1. The summed E-state index contributed by atoms with van der Waals surface area (Å²) in [7, 11) is 0. The Morgan fingerprint density at radius 3 is 2.37 bits per heavy atom. The van der Waals surface area contributed by atoms with E-state index in [2.05, 4.69) is 19.2 Å². The van der Waals surface area contributed by atoms with E-state index in [1.807, 2.05) is 18.7 Å². The number of nitrogens with one attached hydrogen (secondary N) is 1. The van der Waals surface area contributed by atoms with Crippen LogP contribution in [0.1, 0.15) is 53.4 Å². The minimum absolute atomic E-state index is 0.00130. The number of rotatable bonds is 3. The van der Waals surface area contributed by atoms with Crippen molar-refractivity contribution in [2.45, 2.75) is 71.5 Å². The maximum Gasteiger partial charge on any atom is 0.246 e. The molecule has 2 rings (SSSR count). The molecule has 0 radical (unpaired) electrons. The molecular weight excluding hydrogens is 240 g/mol. The molecule has 2 aliphatic rings. The van der Waals surface area contributed by atoms with E-state index in [-0.39, 0.29) is 29.9 Å². The molecule has 2 amide bonds. The van der Waals surface area contributed by atoms with Crippen molar-refractivity contribution in [2.24, 2.45) is 11.8 Å². The summed E-state index contributed by atoms with van der Waals surface area (Å²) in [5.41, 5.74) is 0. The molecular formula is C15H26N2O2. The molecule has 1 N–H and O–H groups in total. The Hall–Kier alpha value is -1.06. The van der Waals surface area contributed by atoms with Gasteiger partial charge in [0.15, 0.2) is 0 Å². The quantitative estimate of drug-likeness (QED) is 0.848. The summed E-state index contributed by atoms with van der Waals surface area (Å²) in [5, 5.41) is 2.83. The lowest BCUT2D eigenvalue weighted by atomic mass is 9.91. The highest BCUT2D eigenvalue weighted by atomic mass is 16.2. The van der Waals surface area contributed by atoms with Gasteiger partial charge in [-0.2, -0.15) is 0 Å². The van der Waals surface area contributed by atoms with E-state index in [4.69, 9.17) is 0 Å². The summed E-state index contributed by atoms with van der Waals surface area (Å²) in [5.74, 6) is 1.30. The van der Waals surface area contributed by atoms with Gasteiger partial charge in [-0.25, -0.2) is 0 Å². The molecule has 1 heterocycles. The molecule has 1 aliphatic heterocycles. The Kier molecular flexibility index (Phi) is 4.16. The third kappa shape index (κ3) is 2.37. The van der Waals surface area contributed by atoms with Crippen LogP contribution in [0.5, 0.6) is 0 Å². The van der Waals surface area contributed by atoms with Gasteiger partial charge < -0.3 is 10.2 Å². The van der Waals surface area contributed by atoms with Crippen LogP contribution in [-0.2, 0) is 9.59 Å². The van der Waals surface area contributed by atoms with E-state index in [9.17, 15) is 9.59 Å². The smallest absolute Gasteiger partial charge is 0.246 e. The van der Waals surface area contributed by atoms with Crippen molar-refractivity contribution in [3.05, 3.63) is 0 Å². The first-order valence-corrected chi connectivity index (χ1v) is 7.63. The molecule has 4 heteroatoms. The molecule has 19 heavy (non-hydrogen) atoms. The van der Waals surface area contributed by atoms with Gasteiger partial charge in [0.1, 0.15) is 12.1 Å². The van der Waals surface area contributed by atoms with Gasteiger partial charge in [0.05, 0.1) is 0 Å². The summed E-state index contributed by atoms with van der Waals surface area (Å²) in [6.45, 7) is 8.25. The molecule has 2 fully saturated rings. The van der Waals surface area contributed by atoms with Gasteiger partial charge in [0.25, 0.3) is 0 Å². The second-order valence-electron chi connectivity index (χ2n) is 6.06. The molecule has 5 atom stereocenters. The fourth-order valence-corrected chi connectivity index (χ4v) is 3.77. The lowest BCUT2D eigenvalue weighted by Gasteiger charge is -2.42. The minimum Gasteiger partial charge on any atom is -0.343 e. The molecule has 0 aromatic carbocycles. The van der Waals surface area contributed by atoms with E-state index in [1.54, 1.807) is 0 Å². The predicted molar refractivity (Wildman–Crippen MR) is 74.5 cm³/mol. The Labute approximate surface area is 115 Å². The number of carbonyl (C=O) groups is 2. The van der Waals surface area contributed by atoms with Crippen LogP contribution in [0.15, 0.2) is 0 Å². The lowest BCUT2D eigenvalue weighted by Crippen LogP contribution is -2.65. The first-order valence-electron chi connectivity index (χ1n) is 7.63. The molecule has 1 saturated heterocycles. The Bertz CT molecular complexity index is 369. The van der Waals surface area contributed by atoms with E-state index in [0.717, 1.165) is 12.8 Å². The Morgan fingerprint density at radius 1 is 1.16 bits per heavy atom. The first kappa shape index (κ1) is 14.4. The average Bonchev–Trinajstić information content (AvgIpc) is 2.76. The van der Waals surface area contributed by atoms with E-state index in [1.165, 1.54) is 6.42 Å².